The number of hydrogen-bond donors (Lipinski definition) is 1. The van der Waals surface area contributed by atoms with Gasteiger partial charge in [-0.25, -0.2) is 0 Å². The third kappa shape index (κ3) is 14.1. The standard InChI is InChI=1S/C56H64N3O14P3/c1-3-19-47(20-4-1)68-59-75(69-53-23-11-7-15-43(53)27-31-60-35-49-39-64-49,70-54-24-12-8-16-44(54)28-32-61-36-50-40-65-50)57-74-58-76(59,71-48-21-5-2-6-22-48,72-55-25-13-9-17-45(55)29-33-62-37-51-41-66-51)73-56-26-14-10-18-46(56)30-34-63-38-52-42-67-52/h1-26,49-52,58,74H,27-42H2. The first-order valence-electron chi connectivity index (χ1n) is 25.8. The Morgan fingerprint density at radius 3 is 1.18 bits per heavy atom. The van der Waals surface area contributed by atoms with Crippen LogP contribution in [0.15, 0.2) is 162 Å². The second kappa shape index (κ2) is 25.1. The van der Waals surface area contributed by atoms with Gasteiger partial charge in [-0.05, 0) is 0 Å². The molecule has 0 aliphatic carbocycles. The summed E-state index contributed by atoms with van der Waals surface area (Å²) in [5.41, 5.74) is 3.32. The van der Waals surface area contributed by atoms with Crippen molar-refractivity contribution in [3.63, 3.8) is 0 Å². The molecule has 0 bridgehead atoms. The Kier molecular flexibility index (Phi) is 17.4. The first-order valence-corrected chi connectivity index (χ1v) is 30.3. The van der Waals surface area contributed by atoms with Crippen LogP contribution in [-0.4, -0.2) is 108 Å². The van der Waals surface area contributed by atoms with E-state index < -0.39 is 24.1 Å². The fraction of sp³-hybridized carbons (Fsp3) is 0.357. The van der Waals surface area contributed by atoms with Crippen LogP contribution in [0.25, 0.3) is 0 Å². The minimum absolute atomic E-state index is 0.104. The maximum absolute atomic E-state index is 7.87. The molecule has 11 rings (SSSR count). The Labute approximate surface area is 445 Å². The summed E-state index contributed by atoms with van der Waals surface area (Å²) in [6, 6.07) is 50.0. The van der Waals surface area contributed by atoms with E-state index in [2.05, 4.69) is 4.86 Å². The summed E-state index contributed by atoms with van der Waals surface area (Å²) in [7, 11) is -10.5. The molecular weight excluding hydrogens is 1030 g/mol. The van der Waals surface area contributed by atoms with Gasteiger partial charge in [-0.2, -0.15) is 0 Å². The molecule has 5 unspecified atom stereocenters. The van der Waals surface area contributed by atoms with E-state index in [9.17, 15) is 0 Å². The van der Waals surface area contributed by atoms with Crippen molar-refractivity contribution in [2.75, 3.05) is 79.3 Å². The molecule has 0 aromatic heterocycles. The second-order valence-corrected chi connectivity index (χ2v) is 25.2. The van der Waals surface area contributed by atoms with Crippen LogP contribution < -0.4 is 32.3 Å². The molecule has 1 N–H and O–H groups in total. The molecule has 5 heterocycles. The number of nitrogens with zero attached hydrogens (tertiary/aromatic N) is 2. The van der Waals surface area contributed by atoms with Crippen LogP contribution in [-0.2, 0) is 63.6 Å². The summed E-state index contributed by atoms with van der Waals surface area (Å²) in [6.45, 7) is 6.39. The van der Waals surface area contributed by atoms with Crippen LogP contribution in [0.5, 0.6) is 34.5 Å². The van der Waals surface area contributed by atoms with Crippen molar-refractivity contribution < 1.29 is 65.4 Å². The molecular formula is C56H64N3O14P3. The average molecular weight is 1100 g/mol. The van der Waals surface area contributed by atoms with Crippen molar-refractivity contribution in [1.29, 1.82) is 0 Å². The van der Waals surface area contributed by atoms with Crippen LogP contribution in [0.4, 0.5) is 0 Å². The summed E-state index contributed by atoms with van der Waals surface area (Å²) < 4.78 is 92.0. The molecule has 0 spiro atoms. The molecule has 0 saturated carbocycles. The molecule has 5 aliphatic rings. The number of rotatable bonds is 32. The van der Waals surface area contributed by atoms with Gasteiger partial charge >= 0.3 is 447 Å². The van der Waals surface area contributed by atoms with Crippen LogP contribution in [0, 0.1) is 0 Å². The van der Waals surface area contributed by atoms with Crippen molar-refractivity contribution >= 4 is 24.1 Å². The Bertz CT molecular complexity index is 2740. The number of benzene rings is 6. The Hall–Kier alpha value is -5.19. The number of epoxide rings is 4. The van der Waals surface area contributed by atoms with E-state index in [1.54, 1.807) is 0 Å². The molecule has 0 amide bonds. The molecule has 4 saturated heterocycles. The fourth-order valence-electron chi connectivity index (χ4n) is 8.21. The third-order valence-corrected chi connectivity index (χ3v) is 21.1. The summed E-state index contributed by atoms with van der Waals surface area (Å²) in [6.07, 6.45) is 2.39. The molecule has 20 heteroatoms. The van der Waals surface area contributed by atoms with Crippen LogP contribution in [0.2, 0.25) is 0 Å². The number of para-hydroxylation sites is 6. The molecule has 4 fully saturated rings. The van der Waals surface area contributed by atoms with E-state index in [-0.39, 0.29) is 24.4 Å². The van der Waals surface area contributed by atoms with Crippen LogP contribution >= 0.6 is 24.1 Å². The number of ether oxygens (including phenoxy) is 8. The van der Waals surface area contributed by atoms with E-state index in [0.717, 1.165) is 22.3 Å². The predicted octanol–water partition coefficient (Wildman–Crippen LogP) is 10.7. The second-order valence-electron chi connectivity index (χ2n) is 18.6. The van der Waals surface area contributed by atoms with Crippen molar-refractivity contribution in [3.05, 3.63) is 180 Å². The first-order chi connectivity index (χ1) is 37.5. The van der Waals surface area contributed by atoms with E-state index in [1.165, 1.54) is 4.60 Å². The van der Waals surface area contributed by atoms with Gasteiger partial charge in [-0.3, -0.25) is 0 Å². The SMILES string of the molecule is c1ccc(ON2P(Oc3ccccc3CCOCC3CO3)(Oc3ccccc3CCOCC3CO3)=NPNP2(Oc2ccccc2)(Oc2ccccc2CCOCC2CO2)Oc2ccccc2CCOCC2CO2)cc1. The topological polar surface area (TPSA) is 170 Å². The predicted molar refractivity (Wildman–Crippen MR) is 289 cm³/mol. The Morgan fingerprint density at radius 2 is 0.789 bits per heavy atom. The van der Waals surface area contributed by atoms with Gasteiger partial charge in [0.05, 0.1) is 0 Å². The van der Waals surface area contributed by atoms with E-state index in [1.807, 2.05) is 158 Å². The molecule has 0 radical (unpaired) electrons. The molecule has 76 heavy (non-hydrogen) atoms. The van der Waals surface area contributed by atoms with Gasteiger partial charge in [0, 0.05) is 0 Å². The Balaban J connectivity index is 1.10. The van der Waals surface area contributed by atoms with E-state index in [0.29, 0.717) is 139 Å². The van der Waals surface area contributed by atoms with Gasteiger partial charge in [0.2, 0.25) is 0 Å². The zero-order valence-electron chi connectivity index (χ0n) is 42.1. The summed E-state index contributed by atoms with van der Waals surface area (Å²) in [5.74, 6) is 2.61. The molecule has 5 atom stereocenters. The molecule has 6 aromatic carbocycles. The van der Waals surface area contributed by atoms with Gasteiger partial charge in [0.15, 0.2) is 0 Å². The summed E-state index contributed by atoms with van der Waals surface area (Å²) in [4.78, 5) is 11.2. The quantitative estimate of drug-likeness (QED) is 0.0240. The first kappa shape index (κ1) is 52.8. The third-order valence-electron chi connectivity index (χ3n) is 12.6. The van der Waals surface area contributed by atoms with Crippen molar-refractivity contribution in [1.82, 2.24) is 9.46 Å². The molecule has 5 aliphatic heterocycles. The van der Waals surface area contributed by atoms with E-state index >= 15 is 0 Å². The summed E-state index contributed by atoms with van der Waals surface area (Å²) >= 11 is 0. The van der Waals surface area contributed by atoms with Crippen LogP contribution in [0.3, 0.4) is 0 Å². The maximum atomic E-state index is 7.87. The van der Waals surface area contributed by atoms with Gasteiger partial charge in [-0.1, -0.05) is 0 Å². The molecule has 6 aromatic rings. The zero-order valence-corrected chi connectivity index (χ0v) is 44.9. The zero-order chi connectivity index (χ0) is 51.3. The van der Waals surface area contributed by atoms with Crippen LogP contribution in [0.1, 0.15) is 22.3 Å². The molecule has 17 nitrogen and oxygen atoms in total. The summed E-state index contributed by atoms with van der Waals surface area (Å²) in [5, 5.41) is 0. The van der Waals surface area contributed by atoms with E-state index in [4.69, 9.17) is 69.9 Å². The van der Waals surface area contributed by atoms with Gasteiger partial charge in [0.1, 0.15) is 0 Å². The number of nitrogens with one attached hydrogen (secondary N) is 1. The van der Waals surface area contributed by atoms with Gasteiger partial charge < -0.3 is 0 Å². The van der Waals surface area contributed by atoms with Gasteiger partial charge in [-0.15, -0.1) is 0 Å². The monoisotopic (exact) mass is 1100 g/mol. The average Bonchev–Trinajstić information content (AvgIpc) is 4.26. The van der Waals surface area contributed by atoms with Crippen molar-refractivity contribution in [2.45, 2.75) is 50.1 Å². The Morgan fingerprint density at radius 1 is 0.447 bits per heavy atom. The van der Waals surface area contributed by atoms with Crippen molar-refractivity contribution in [3.8, 4) is 34.5 Å². The normalized spacial score (nSPS) is 23.5. The van der Waals surface area contributed by atoms with Gasteiger partial charge in [0.25, 0.3) is 0 Å². The van der Waals surface area contributed by atoms with Crippen molar-refractivity contribution in [2.24, 2.45) is 4.52 Å². The minimum atomic E-state index is -5.67. The molecule has 402 valence electrons. The number of hydrogen-bond acceptors (Lipinski definition) is 17. The fourth-order valence-corrected chi connectivity index (χ4v) is 17.7.